The standard InChI is InChI=1S/C17H24N2O/c1-14-11-19(12-15(2)18(14)3)13-17-7-4-6-16(10-17)8-5-9-20/h4,6-7,10,14-15,20H,9,11-13H2,1-3H3. The summed E-state index contributed by atoms with van der Waals surface area (Å²) < 4.78 is 0. The van der Waals surface area contributed by atoms with Crippen LogP contribution in [-0.4, -0.2) is 53.7 Å². The maximum absolute atomic E-state index is 8.75. The van der Waals surface area contributed by atoms with E-state index in [1.165, 1.54) is 5.56 Å². The summed E-state index contributed by atoms with van der Waals surface area (Å²) in [5.41, 5.74) is 2.27. The molecule has 1 fully saturated rings. The molecule has 1 saturated heterocycles. The third kappa shape index (κ3) is 3.83. The lowest BCUT2D eigenvalue weighted by Gasteiger charge is -2.42. The lowest BCUT2D eigenvalue weighted by Crippen LogP contribution is -2.54. The van der Waals surface area contributed by atoms with Crippen molar-refractivity contribution in [3.63, 3.8) is 0 Å². The van der Waals surface area contributed by atoms with Crippen molar-refractivity contribution in [2.45, 2.75) is 32.5 Å². The van der Waals surface area contributed by atoms with Gasteiger partial charge in [0.2, 0.25) is 0 Å². The predicted molar refractivity (Wildman–Crippen MR) is 82.4 cm³/mol. The van der Waals surface area contributed by atoms with Crippen molar-refractivity contribution in [1.29, 1.82) is 0 Å². The second kappa shape index (κ2) is 6.90. The van der Waals surface area contributed by atoms with Gasteiger partial charge in [0.15, 0.2) is 0 Å². The molecule has 108 valence electrons. The highest BCUT2D eigenvalue weighted by atomic mass is 16.2. The largest absolute Gasteiger partial charge is 0.384 e. The van der Waals surface area contributed by atoms with Crippen molar-refractivity contribution in [2.75, 3.05) is 26.7 Å². The fourth-order valence-corrected chi connectivity index (χ4v) is 2.79. The van der Waals surface area contributed by atoms with E-state index in [4.69, 9.17) is 5.11 Å². The molecule has 1 aliphatic heterocycles. The minimum atomic E-state index is -0.0856. The average Bonchev–Trinajstić information content (AvgIpc) is 2.43. The van der Waals surface area contributed by atoms with Gasteiger partial charge < -0.3 is 5.11 Å². The number of aliphatic hydroxyl groups excluding tert-OH is 1. The highest BCUT2D eigenvalue weighted by Crippen LogP contribution is 2.16. The fourth-order valence-electron chi connectivity index (χ4n) is 2.79. The van der Waals surface area contributed by atoms with E-state index in [2.05, 4.69) is 54.7 Å². The highest BCUT2D eigenvalue weighted by Gasteiger charge is 2.26. The van der Waals surface area contributed by atoms with E-state index >= 15 is 0 Å². The highest BCUT2D eigenvalue weighted by molar-refractivity contribution is 5.37. The molecule has 0 radical (unpaired) electrons. The van der Waals surface area contributed by atoms with Gasteiger partial charge in [0, 0.05) is 37.3 Å². The second-order valence-corrected chi connectivity index (χ2v) is 5.72. The fraction of sp³-hybridized carbons (Fsp3) is 0.529. The summed E-state index contributed by atoms with van der Waals surface area (Å²) in [5, 5.41) is 8.75. The van der Waals surface area contributed by atoms with Crippen LogP contribution in [0.2, 0.25) is 0 Å². The Morgan fingerprint density at radius 2 is 1.95 bits per heavy atom. The summed E-state index contributed by atoms with van der Waals surface area (Å²) in [6.07, 6.45) is 0. The molecule has 1 N–H and O–H groups in total. The third-order valence-corrected chi connectivity index (χ3v) is 4.08. The van der Waals surface area contributed by atoms with Crippen LogP contribution in [0.3, 0.4) is 0 Å². The Kier molecular flexibility index (Phi) is 5.19. The zero-order valence-electron chi connectivity index (χ0n) is 12.6. The molecular weight excluding hydrogens is 248 g/mol. The molecule has 2 rings (SSSR count). The molecule has 0 aliphatic carbocycles. The molecule has 20 heavy (non-hydrogen) atoms. The molecule has 2 unspecified atom stereocenters. The van der Waals surface area contributed by atoms with E-state index in [1.807, 2.05) is 12.1 Å². The van der Waals surface area contributed by atoms with Crippen molar-refractivity contribution >= 4 is 0 Å². The van der Waals surface area contributed by atoms with Crippen LogP contribution in [0, 0.1) is 11.8 Å². The number of benzene rings is 1. The quantitative estimate of drug-likeness (QED) is 0.828. The van der Waals surface area contributed by atoms with E-state index in [0.29, 0.717) is 12.1 Å². The van der Waals surface area contributed by atoms with Gasteiger partial charge in [0.25, 0.3) is 0 Å². The van der Waals surface area contributed by atoms with Gasteiger partial charge in [-0.3, -0.25) is 9.80 Å². The Bertz CT molecular complexity index is 491. The topological polar surface area (TPSA) is 26.7 Å². The van der Waals surface area contributed by atoms with Gasteiger partial charge in [0.1, 0.15) is 6.61 Å². The molecule has 0 saturated carbocycles. The zero-order valence-corrected chi connectivity index (χ0v) is 12.6. The first-order valence-electron chi connectivity index (χ1n) is 7.23. The molecule has 0 amide bonds. The lowest BCUT2D eigenvalue weighted by atomic mass is 10.1. The van der Waals surface area contributed by atoms with E-state index in [0.717, 1.165) is 25.2 Å². The molecule has 1 aromatic carbocycles. The Hall–Kier alpha value is -1.34. The zero-order chi connectivity index (χ0) is 14.5. The van der Waals surface area contributed by atoms with Crippen LogP contribution in [0.4, 0.5) is 0 Å². The minimum Gasteiger partial charge on any atom is -0.384 e. The van der Waals surface area contributed by atoms with E-state index in [1.54, 1.807) is 0 Å². The minimum absolute atomic E-state index is 0.0856. The molecule has 1 aliphatic rings. The number of hydrogen-bond acceptors (Lipinski definition) is 3. The molecule has 3 nitrogen and oxygen atoms in total. The molecule has 2 atom stereocenters. The first-order chi connectivity index (χ1) is 9.60. The smallest absolute Gasteiger partial charge is 0.104 e. The summed E-state index contributed by atoms with van der Waals surface area (Å²) in [5.74, 6) is 5.67. The molecule has 1 heterocycles. The summed E-state index contributed by atoms with van der Waals surface area (Å²) in [6, 6.07) is 9.49. The van der Waals surface area contributed by atoms with Gasteiger partial charge in [0.05, 0.1) is 0 Å². The van der Waals surface area contributed by atoms with Gasteiger partial charge in [-0.05, 0) is 38.6 Å². The summed E-state index contributed by atoms with van der Waals surface area (Å²) in [7, 11) is 2.21. The van der Waals surface area contributed by atoms with Crippen LogP contribution in [0.15, 0.2) is 24.3 Å². The molecule has 0 spiro atoms. The maximum atomic E-state index is 8.75. The van der Waals surface area contributed by atoms with Crippen molar-refractivity contribution in [3.8, 4) is 11.8 Å². The number of hydrogen-bond donors (Lipinski definition) is 1. The van der Waals surface area contributed by atoms with Crippen molar-refractivity contribution in [3.05, 3.63) is 35.4 Å². The van der Waals surface area contributed by atoms with Gasteiger partial charge in [-0.1, -0.05) is 24.0 Å². The lowest BCUT2D eigenvalue weighted by molar-refractivity contribution is 0.0556. The normalized spacial score (nSPS) is 24.2. The van der Waals surface area contributed by atoms with Crippen LogP contribution in [0.1, 0.15) is 25.0 Å². The molecule has 0 bridgehead atoms. The first-order valence-corrected chi connectivity index (χ1v) is 7.23. The summed E-state index contributed by atoms with van der Waals surface area (Å²) in [6.45, 7) is 7.66. The molecule has 0 aromatic heterocycles. The van der Waals surface area contributed by atoms with E-state index < -0.39 is 0 Å². The number of likely N-dealkylation sites (N-methyl/N-ethyl adjacent to an activating group) is 1. The SMILES string of the molecule is CC1CN(Cc2cccc(C#CCO)c2)CC(C)N1C. The monoisotopic (exact) mass is 272 g/mol. The van der Waals surface area contributed by atoms with Gasteiger partial charge >= 0.3 is 0 Å². The maximum Gasteiger partial charge on any atom is 0.104 e. The Balaban J connectivity index is 2.03. The number of rotatable bonds is 2. The second-order valence-electron chi connectivity index (χ2n) is 5.72. The first kappa shape index (κ1) is 15.1. The van der Waals surface area contributed by atoms with Crippen LogP contribution in [0.25, 0.3) is 0 Å². The van der Waals surface area contributed by atoms with Gasteiger partial charge in [-0.25, -0.2) is 0 Å². The van der Waals surface area contributed by atoms with Gasteiger partial charge in [-0.15, -0.1) is 0 Å². The number of nitrogens with zero attached hydrogens (tertiary/aromatic N) is 2. The number of aliphatic hydroxyl groups is 1. The van der Waals surface area contributed by atoms with E-state index in [-0.39, 0.29) is 6.61 Å². The predicted octanol–water partition coefficient (Wildman–Crippen LogP) is 1.55. The van der Waals surface area contributed by atoms with Crippen LogP contribution < -0.4 is 0 Å². The van der Waals surface area contributed by atoms with Crippen molar-refractivity contribution < 1.29 is 5.11 Å². The molecular formula is C17H24N2O. The van der Waals surface area contributed by atoms with Crippen LogP contribution >= 0.6 is 0 Å². The number of piperazine rings is 1. The van der Waals surface area contributed by atoms with Crippen LogP contribution in [0.5, 0.6) is 0 Å². The third-order valence-electron chi connectivity index (χ3n) is 4.08. The molecule has 3 heteroatoms. The Morgan fingerprint density at radius 1 is 1.25 bits per heavy atom. The summed E-state index contributed by atoms with van der Waals surface area (Å²) >= 11 is 0. The van der Waals surface area contributed by atoms with Crippen molar-refractivity contribution in [1.82, 2.24) is 9.80 Å². The molecule has 1 aromatic rings. The Labute approximate surface area is 122 Å². The average molecular weight is 272 g/mol. The van der Waals surface area contributed by atoms with Crippen molar-refractivity contribution in [2.24, 2.45) is 0 Å². The van der Waals surface area contributed by atoms with Gasteiger partial charge in [-0.2, -0.15) is 0 Å². The summed E-state index contributed by atoms with van der Waals surface area (Å²) in [4.78, 5) is 4.95. The van der Waals surface area contributed by atoms with Crippen LogP contribution in [-0.2, 0) is 6.54 Å². The Morgan fingerprint density at radius 3 is 2.60 bits per heavy atom. The van der Waals surface area contributed by atoms with E-state index in [9.17, 15) is 0 Å².